The van der Waals surface area contributed by atoms with Crippen LogP contribution in [-0.2, 0) is 16.4 Å². The maximum absolute atomic E-state index is 12.4. The van der Waals surface area contributed by atoms with Gasteiger partial charge in [0.1, 0.15) is 5.75 Å². The third-order valence-electron chi connectivity index (χ3n) is 3.43. The fourth-order valence-electron chi connectivity index (χ4n) is 2.29. The van der Waals surface area contributed by atoms with Crippen LogP contribution in [0.3, 0.4) is 0 Å². The molecular weight excluding hydrogens is 300 g/mol. The number of rotatable bonds is 7. The van der Waals surface area contributed by atoms with Crippen molar-refractivity contribution in [2.75, 3.05) is 13.2 Å². The molecule has 0 aliphatic carbocycles. The van der Waals surface area contributed by atoms with Crippen LogP contribution in [0.5, 0.6) is 5.75 Å². The van der Waals surface area contributed by atoms with E-state index in [-0.39, 0.29) is 0 Å². The highest BCUT2D eigenvalue weighted by Crippen LogP contribution is 2.25. The minimum Gasteiger partial charge on any atom is -0.494 e. The molecule has 1 heterocycles. The standard InChI is InChI=1S/C16H22N2O3S/c1-4-21-15-9-13(3)16(10-12(15)2)22(19,20)18-8-6-14-5-7-17-11-14/h5,7,9-11,17-18H,4,6,8H2,1-3H3. The predicted molar refractivity (Wildman–Crippen MR) is 86.8 cm³/mol. The number of hydrogen-bond acceptors (Lipinski definition) is 3. The number of aryl methyl sites for hydroxylation is 2. The largest absolute Gasteiger partial charge is 0.494 e. The Morgan fingerprint density at radius 2 is 2.00 bits per heavy atom. The van der Waals surface area contributed by atoms with Gasteiger partial charge >= 0.3 is 0 Å². The fraction of sp³-hybridized carbons (Fsp3) is 0.375. The van der Waals surface area contributed by atoms with Crippen molar-refractivity contribution < 1.29 is 13.2 Å². The van der Waals surface area contributed by atoms with Gasteiger partial charge in [-0.15, -0.1) is 0 Å². The van der Waals surface area contributed by atoms with E-state index < -0.39 is 10.0 Å². The third kappa shape index (κ3) is 3.90. The summed E-state index contributed by atoms with van der Waals surface area (Å²) in [4.78, 5) is 3.26. The number of aromatic nitrogens is 1. The molecule has 0 amide bonds. The molecule has 1 aromatic heterocycles. The summed E-state index contributed by atoms with van der Waals surface area (Å²) in [7, 11) is -3.51. The second kappa shape index (κ2) is 6.98. The molecule has 0 spiro atoms. The SMILES string of the molecule is CCOc1cc(C)c(S(=O)(=O)NCCc2cc[nH]c2)cc1C. The van der Waals surface area contributed by atoms with Gasteiger partial charge in [0.2, 0.25) is 10.0 Å². The number of hydrogen-bond donors (Lipinski definition) is 2. The van der Waals surface area contributed by atoms with Crippen LogP contribution in [0, 0.1) is 13.8 Å². The zero-order chi connectivity index (χ0) is 16.2. The summed E-state index contributed by atoms with van der Waals surface area (Å²) in [6.45, 7) is 6.46. The molecule has 2 rings (SSSR count). The maximum Gasteiger partial charge on any atom is 0.240 e. The van der Waals surface area contributed by atoms with Gasteiger partial charge in [-0.1, -0.05) is 0 Å². The molecule has 1 aromatic carbocycles. The summed E-state index contributed by atoms with van der Waals surface area (Å²) in [5, 5.41) is 0. The van der Waals surface area contributed by atoms with Crippen LogP contribution >= 0.6 is 0 Å². The van der Waals surface area contributed by atoms with Crippen molar-refractivity contribution in [3.05, 3.63) is 47.3 Å². The first-order chi connectivity index (χ1) is 10.4. The van der Waals surface area contributed by atoms with Gasteiger partial charge in [-0.3, -0.25) is 0 Å². The third-order valence-corrected chi connectivity index (χ3v) is 5.03. The van der Waals surface area contributed by atoms with E-state index in [9.17, 15) is 8.42 Å². The van der Waals surface area contributed by atoms with E-state index in [0.29, 0.717) is 30.0 Å². The number of sulfonamides is 1. The summed E-state index contributed by atoms with van der Waals surface area (Å²) in [6.07, 6.45) is 4.34. The lowest BCUT2D eigenvalue weighted by Gasteiger charge is -2.13. The monoisotopic (exact) mass is 322 g/mol. The van der Waals surface area contributed by atoms with E-state index in [0.717, 1.165) is 16.9 Å². The molecule has 0 saturated heterocycles. The van der Waals surface area contributed by atoms with Crippen LogP contribution in [0.4, 0.5) is 0 Å². The lowest BCUT2D eigenvalue weighted by molar-refractivity contribution is 0.337. The van der Waals surface area contributed by atoms with E-state index in [1.54, 1.807) is 19.1 Å². The first-order valence-corrected chi connectivity index (χ1v) is 8.77. The van der Waals surface area contributed by atoms with Crippen molar-refractivity contribution >= 4 is 10.0 Å². The Labute approximate surface area is 131 Å². The zero-order valence-corrected chi connectivity index (χ0v) is 14.0. The van der Waals surface area contributed by atoms with Gasteiger partial charge in [0.15, 0.2) is 0 Å². The van der Waals surface area contributed by atoms with E-state index in [1.165, 1.54) is 0 Å². The van der Waals surface area contributed by atoms with Crippen LogP contribution < -0.4 is 9.46 Å². The van der Waals surface area contributed by atoms with Gasteiger partial charge in [0, 0.05) is 18.9 Å². The van der Waals surface area contributed by atoms with Crippen molar-refractivity contribution in [3.8, 4) is 5.75 Å². The lowest BCUT2D eigenvalue weighted by atomic mass is 10.1. The molecule has 120 valence electrons. The summed E-state index contributed by atoms with van der Waals surface area (Å²) in [5.74, 6) is 0.728. The van der Waals surface area contributed by atoms with Crippen molar-refractivity contribution in [2.45, 2.75) is 32.1 Å². The van der Waals surface area contributed by atoms with Gasteiger partial charge in [-0.2, -0.15) is 0 Å². The Kier molecular flexibility index (Phi) is 5.26. The average Bonchev–Trinajstić information content (AvgIpc) is 2.95. The summed E-state index contributed by atoms with van der Waals surface area (Å²) in [5.41, 5.74) is 2.57. The molecule has 0 aliphatic heterocycles. The second-order valence-electron chi connectivity index (χ2n) is 5.18. The minimum atomic E-state index is -3.51. The van der Waals surface area contributed by atoms with Crippen LogP contribution in [0.15, 0.2) is 35.5 Å². The number of H-pyrrole nitrogens is 1. The molecule has 0 fully saturated rings. The number of benzene rings is 1. The summed E-state index contributed by atoms with van der Waals surface area (Å²) >= 11 is 0. The van der Waals surface area contributed by atoms with Gasteiger partial charge in [0.05, 0.1) is 11.5 Å². The number of nitrogens with one attached hydrogen (secondary N) is 2. The molecule has 6 heteroatoms. The van der Waals surface area contributed by atoms with Crippen molar-refractivity contribution in [1.82, 2.24) is 9.71 Å². The molecule has 0 saturated carbocycles. The highest BCUT2D eigenvalue weighted by Gasteiger charge is 2.18. The molecule has 2 N–H and O–H groups in total. The van der Waals surface area contributed by atoms with Crippen LogP contribution in [0.1, 0.15) is 23.6 Å². The van der Waals surface area contributed by atoms with Gasteiger partial charge in [-0.05, 0) is 62.1 Å². The van der Waals surface area contributed by atoms with Crippen LogP contribution in [-0.4, -0.2) is 26.6 Å². The Morgan fingerprint density at radius 3 is 2.64 bits per heavy atom. The highest BCUT2D eigenvalue weighted by molar-refractivity contribution is 7.89. The van der Waals surface area contributed by atoms with E-state index in [1.807, 2.05) is 32.3 Å². The van der Waals surface area contributed by atoms with Gasteiger partial charge < -0.3 is 9.72 Å². The molecule has 0 radical (unpaired) electrons. The number of ether oxygens (including phenoxy) is 1. The Morgan fingerprint density at radius 1 is 1.23 bits per heavy atom. The Balaban J connectivity index is 2.13. The molecule has 0 aliphatic rings. The van der Waals surface area contributed by atoms with Crippen LogP contribution in [0.25, 0.3) is 0 Å². The lowest BCUT2D eigenvalue weighted by Crippen LogP contribution is -2.26. The van der Waals surface area contributed by atoms with E-state index in [2.05, 4.69) is 9.71 Å². The Bertz CT molecular complexity index is 722. The van der Waals surface area contributed by atoms with E-state index in [4.69, 9.17) is 4.74 Å². The normalized spacial score (nSPS) is 11.6. The summed E-state index contributed by atoms with van der Waals surface area (Å²) < 4.78 is 33.0. The molecule has 0 bridgehead atoms. The fourth-order valence-corrected chi connectivity index (χ4v) is 3.63. The topological polar surface area (TPSA) is 71.2 Å². The first-order valence-electron chi connectivity index (χ1n) is 7.29. The second-order valence-corrected chi connectivity index (χ2v) is 6.92. The molecule has 22 heavy (non-hydrogen) atoms. The van der Waals surface area contributed by atoms with Crippen molar-refractivity contribution in [2.24, 2.45) is 0 Å². The molecule has 0 atom stereocenters. The quantitative estimate of drug-likeness (QED) is 0.823. The summed E-state index contributed by atoms with van der Waals surface area (Å²) in [6, 6.07) is 5.37. The van der Waals surface area contributed by atoms with Crippen LogP contribution in [0.2, 0.25) is 0 Å². The Hall–Kier alpha value is -1.79. The highest BCUT2D eigenvalue weighted by atomic mass is 32.2. The predicted octanol–water partition coefficient (Wildman–Crippen LogP) is 2.55. The molecule has 2 aromatic rings. The molecule has 0 unspecified atom stereocenters. The average molecular weight is 322 g/mol. The first kappa shape index (κ1) is 16.6. The van der Waals surface area contributed by atoms with Crippen molar-refractivity contribution in [3.63, 3.8) is 0 Å². The minimum absolute atomic E-state index is 0.308. The smallest absolute Gasteiger partial charge is 0.240 e. The zero-order valence-electron chi connectivity index (χ0n) is 13.1. The van der Waals surface area contributed by atoms with Gasteiger partial charge in [-0.25, -0.2) is 13.1 Å². The van der Waals surface area contributed by atoms with Gasteiger partial charge in [0.25, 0.3) is 0 Å². The van der Waals surface area contributed by atoms with Crippen molar-refractivity contribution in [1.29, 1.82) is 0 Å². The van der Waals surface area contributed by atoms with E-state index >= 15 is 0 Å². The number of aromatic amines is 1. The maximum atomic E-state index is 12.4. The molecule has 5 nitrogen and oxygen atoms in total. The molecular formula is C16H22N2O3S.